The Morgan fingerprint density at radius 1 is 0.771 bits per heavy atom. The minimum atomic E-state index is 0.635. The van der Waals surface area contributed by atoms with Crippen molar-refractivity contribution >= 4 is 0 Å². The van der Waals surface area contributed by atoms with Gasteiger partial charge >= 0.3 is 0 Å². The molecule has 35 heavy (non-hydrogen) atoms. The summed E-state index contributed by atoms with van der Waals surface area (Å²) in [6.07, 6.45) is 11.4. The molecule has 0 radical (unpaired) electrons. The maximum atomic E-state index is 5.31. The maximum absolute atomic E-state index is 5.31. The topological polar surface area (TPSA) is 15.7 Å². The van der Waals surface area contributed by atoms with Crippen LogP contribution in [0.3, 0.4) is 0 Å². The largest absolute Gasteiger partial charge is 0.497 e. The predicted molar refractivity (Wildman–Crippen MR) is 152 cm³/mol. The Kier molecular flexibility index (Phi) is 14.1. The number of hydrogen-bond donors (Lipinski definition) is 0. The maximum Gasteiger partial charge on any atom is 0.118 e. The molecule has 3 nitrogen and oxygen atoms in total. The van der Waals surface area contributed by atoms with E-state index >= 15 is 0 Å². The molecule has 0 N–H and O–H groups in total. The molecule has 0 bridgehead atoms. The average Bonchev–Trinajstić information content (AvgIpc) is 2.86. The Morgan fingerprint density at radius 2 is 1.34 bits per heavy atom. The van der Waals surface area contributed by atoms with Crippen LogP contribution < -0.4 is 4.74 Å². The van der Waals surface area contributed by atoms with Gasteiger partial charge in [-0.1, -0.05) is 81.7 Å². The molecule has 0 aliphatic heterocycles. The van der Waals surface area contributed by atoms with Crippen molar-refractivity contribution in [3.8, 4) is 5.75 Å². The van der Waals surface area contributed by atoms with Crippen LogP contribution in [0.5, 0.6) is 5.75 Å². The molecular formula is C32H48N2O. The van der Waals surface area contributed by atoms with E-state index in [4.69, 9.17) is 4.74 Å². The summed E-state index contributed by atoms with van der Waals surface area (Å²) in [5, 5.41) is 0. The van der Waals surface area contributed by atoms with Gasteiger partial charge < -0.3 is 4.74 Å². The number of hydrogen-bond acceptors (Lipinski definition) is 3. The molecule has 0 fully saturated rings. The Morgan fingerprint density at radius 3 is 1.91 bits per heavy atom. The van der Waals surface area contributed by atoms with Crippen LogP contribution in [0.25, 0.3) is 0 Å². The fraction of sp³-hybridized carbons (Fsp3) is 0.500. The molecule has 2 rings (SSSR count). The average molecular weight is 477 g/mol. The molecule has 0 amide bonds. The van der Waals surface area contributed by atoms with Gasteiger partial charge in [0.05, 0.1) is 7.11 Å². The van der Waals surface area contributed by atoms with Crippen LogP contribution in [0.15, 0.2) is 73.8 Å². The van der Waals surface area contributed by atoms with E-state index < -0.39 is 0 Å². The van der Waals surface area contributed by atoms with Gasteiger partial charge in [0.15, 0.2) is 0 Å². The number of rotatable bonds is 19. The molecule has 1 atom stereocenters. The minimum absolute atomic E-state index is 0.635. The Bertz CT molecular complexity index is 828. The predicted octanol–water partition coefficient (Wildman–Crippen LogP) is 7.52. The van der Waals surface area contributed by atoms with Gasteiger partial charge in [-0.2, -0.15) is 0 Å². The molecule has 0 aromatic heterocycles. The van der Waals surface area contributed by atoms with Crippen molar-refractivity contribution in [2.75, 3.05) is 33.3 Å². The first kappa shape index (κ1) is 28.9. The van der Waals surface area contributed by atoms with E-state index in [9.17, 15) is 0 Å². The molecule has 2 aromatic rings. The van der Waals surface area contributed by atoms with Crippen LogP contribution in [-0.2, 0) is 19.5 Å². The van der Waals surface area contributed by atoms with E-state index in [-0.39, 0.29) is 0 Å². The van der Waals surface area contributed by atoms with Gasteiger partial charge in [0.1, 0.15) is 5.75 Å². The number of nitrogens with zero attached hydrogens (tertiary/aromatic N) is 2. The van der Waals surface area contributed by atoms with E-state index in [0.717, 1.165) is 51.4 Å². The highest BCUT2D eigenvalue weighted by Crippen LogP contribution is 2.20. The van der Waals surface area contributed by atoms with Gasteiger partial charge in [0, 0.05) is 32.7 Å². The Hall–Kier alpha value is -2.36. The molecule has 2 aromatic carbocycles. The molecule has 0 aliphatic carbocycles. The van der Waals surface area contributed by atoms with Gasteiger partial charge in [-0.25, -0.2) is 0 Å². The lowest BCUT2D eigenvalue weighted by Gasteiger charge is -2.27. The zero-order chi connectivity index (χ0) is 25.3. The minimum Gasteiger partial charge on any atom is -0.497 e. The second-order valence-electron chi connectivity index (χ2n) is 9.74. The number of ether oxygens (including phenoxy) is 1. The summed E-state index contributed by atoms with van der Waals surface area (Å²) in [5.41, 5.74) is 4.15. The lowest BCUT2D eigenvalue weighted by atomic mass is 9.93. The molecule has 0 saturated carbocycles. The second-order valence-corrected chi connectivity index (χ2v) is 9.74. The molecule has 1 unspecified atom stereocenters. The summed E-state index contributed by atoms with van der Waals surface area (Å²) in [7, 11) is 1.71. The molecule has 0 saturated heterocycles. The Balaban J connectivity index is 1.98. The lowest BCUT2D eigenvalue weighted by molar-refractivity contribution is 0.235. The lowest BCUT2D eigenvalue weighted by Crippen LogP contribution is -2.30. The summed E-state index contributed by atoms with van der Waals surface area (Å²) in [6, 6.07) is 17.8. The standard InChI is InChI=1S/C32H48N2O/c1-6-10-11-23-33(21-8-3)25-29-15-13-28(14-16-29)24-31(12-7-2)27-34(22-9-4)26-30-17-19-32(35-5)20-18-30/h8-9,13-20,31H,3-4,6-7,10-12,21-27H2,1-2,5H3. The van der Waals surface area contributed by atoms with Gasteiger partial charge in [-0.15, -0.1) is 13.2 Å². The smallest absolute Gasteiger partial charge is 0.118 e. The summed E-state index contributed by atoms with van der Waals surface area (Å²) < 4.78 is 5.31. The van der Waals surface area contributed by atoms with Crippen LogP contribution in [0, 0.1) is 5.92 Å². The number of methoxy groups -OCH3 is 1. The summed E-state index contributed by atoms with van der Waals surface area (Å²) in [5.74, 6) is 1.54. The van der Waals surface area contributed by atoms with E-state index in [1.807, 2.05) is 24.3 Å². The summed E-state index contributed by atoms with van der Waals surface area (Å²) in [6.45, 7) is 18.5. The highest BCUT2D eigenvalue weighted by atomic mass is 16.5. The highest BCUT2D eigenvalue weighted by Gasteiger charge is 2.15. The van der Waals surface area contributed by atoms with Crippen molar-refractivity contribution in [3.05, 3.63) is 90.5 Å². The van der Waals surface area contributed by atoms with Gasteiger partial charge in [0.25, 0.3) is 0 Å². The van der Waals surface area contributed by atoms with Gasteiger partial charge in [-0.3, -0.25) is 9.80 Å². The third-order valence-corrected chi connectivity index (χ3v) is 6.58. The zero-order valence-electron chi connectivity index (χ0n) is 22.6. The summed E-state index contributed by atoms with van der Waals surface area (Å²) in [4.78, 5) is 5.02. The van der Waals surface area contributed by atoms with Crippen LogP contribution in [-0.4, -0.2) is 43.1 Å². The third-order valence-electron chi connectivity index (χ3n) is 6.58. The van der Waals surface area contributed by atoms with Crippen molar-refractivity contribution in [2.45, 2.75) is 65.5 Å². The van der Waals surface area contributed by atoms with E-state index in [1.165, 1.54) is 48.8 Å². The molecule has 192 valence electrons. The second kappa shape index (κ2) is 17.1. The summed E-state index contributed by atoms with van der Waals surface area (Å²) >= 11 is 0. The first-order valence-electron chi connectivity index (χ1n) is 13.5. The first-order valence-corrected chi connectivity index (χ1v) is 13.5. The fourth-order valence-corrected chi connectivity index (χ4v) is 4.78. The van der Waals surface area contributed by atoms with Crippen LogP contribution in [0.1, 0.15) is 62.6 Å². The van der Waals surface area contributed by atoms with Crippen molar-refractivity contribution in [3.63, 3.8) is 0 Å². The fourth-order valence-electron chi connectivity index (χ4n) is 4.78. The van der Waals surface area contributed by atoms with Crippen LogP contribution in [0.2, 0.25) is 0 Å². The van der Waals surface area contributed by atoms with E-state index in [0.29, 0.717) is 5.92 Å². The zero-order valence-corrected chi connectivity index (χ0v) is 22.6. The quantitative estimate of drug-likeness (QED) is 0.154. The van der Waals surface area contributed by atoms with Gasteiger partial charge in [0.2, 0.25) is 0 Å². The molecule has 0 spiro atoms. The molecule has 0 heterocycles. The van der Waals surface area contributed by atoms with E-state index in [1.54, 1.807) is 7.11 Å². The van der Waals surface area contributed by atoms with Crippen LogP contribution >= 0.6 is 0 Å². The number of unbranched alkanes of at least 4 members (excludes halogenated alkanes) is 2. The van der Waals surface area contributed by atoms with Crippen LogP contribution in [0.4, 0.5) is 0 Å². The molecule has 0 aliphatic rings. The van der Waals surface area contributed by atoms with Crippen molar-refractivity contribution in [1.82, 2.24) is 9.80 Å². The first-order chi connectivity index (χ1) is 17.1. The Labute approximate surface area is 215 Å². The monoisotopic (exact) mass is 476 g/mol. The van der Waals surface area contributed by atoms with E-state index in [2.05, 4.69) is 73.2 Å². The number of benzene rings is 2. The SMILES string of the molecule is C=CCN(CCCCC)Cc1ccc(CC(CCC)CN(CC=C)Cc2ccc(OC)cc2)cc1. The van der Waals surface area contributed by atoms with Crippen molar-refractivity contribution < 1.29 is 4.74 Å². The molecular weight excluding hydrogens is 428 g/mol. The van der Waals surface area contributed by atoms with Crippen molar-refractivity contribution in [1.29, 1.82) is 0 Å². The molecule has 3 heteroatoms. The normalized spacial score (nSPS) is 12.1. The third kappa shape index (κ3) is 11.3. The van der Waals surface area contributed by atoms with Crippen molar-refractivity contribution in [2.24, 2.45) is 5.92 Å². The van der Waals surface area contributed by atoms with Gasteiger partial charge in [-0.05, 0) is 60.5 Å². The highest BCUT2D eigenvalue weighted by molar-refractivity contribution is 5.27.